The molecular weight excluding hydrogens is 270 g/mol. The molecule has 0 radical (unpaired) electrons. The summed E-state index contributed by atoms with van der Waals surface area (Å²) in [7, 11) is 0. The largest absolute Gasteiger partial charge is 0.480 e. The van der Waals surface area contributed by atoms with Crippen LogP contribution in [0.1, 0.15) is 15.9 Å². The summed E-state index contributed by atoms with van der Waals surface area (Å²) in [6, 6.07) is 7.52. The third kappa shape index (κ3) is 4.27. The first-order chi connectivity index (χ1) is 10.1. The van der Waals surface area contributed by atoms with Gasteiger partial charge in [-0.1, -0.05) is 12.1 Å². The molecule has 2 rings (SSSR count). The summed E-state index contributed by atoms with van der Waals surface area (Å²) >= 11 is 0. The molecule has 3 N–H and O–H groups in total. The molecule has 0 saturated carbocycles. The molecule has 114 valence electrons. The van der Waals surface area contributed by atoms with E-state index < -0.39 is 5.97 Å². The van der Waals surface area contributed by atoms with Gasteiger partial charge in [0.05, 0.1) is 6.54 Å². The number of hydrogen-bond acceptors (Lipinski definition) is 4. The fourth-order valence-corrected chi connectivity index (χ4v) is 2.46. The number of nitrogens with zero attached hydrogens (tertiary/aromatic N) is 2. The third-order valence-corrected chi connectivity index (χ3v) is 3.65. The maximum absolute atomic E-state index is 12.4. The molecule has 0 atom stereocenters. The number of piperazine rings is 1. The van der Waals surface area contributed by atoms with Crippen LogP contribution in [0.2, 0.25) is 0 Å². The molecule has 1 aliphatic rings. The van der Waals surface area contributed by atoms with E-state index in [-0.39, 0.29) is 12.5 Å². The van der Waals surface area contributed by atoms with E-state index in [1.54, 1.807) is 4.90 Å². The van der Waals surface area contributed by atoms with Crippen molar-refractivity contribution < 1.29 is 14.7 Å². The number of aliphatic carboxylic acids is 1. The number of hydrogen-bond donors (Lipinski definition) is 2. The van der Waals surface area contributed by atoms with Crippen LogP contribution in [-0.2, 0) is 11.2 Å². The molecule has 0 aliphatic carbocycles. The molecule has 0 spiro atoms. The Balaban J connectivity index is 1.90. The van der Waals surface area contributed by atoms with Crippen molar-refractivity contribution in [2.45, 2.75) is 6.42 Å². The van der Waals surface area contributed by atoms with Crippen molar-refractivity contribution in [1.29, 1.82) is 0 Å². The Morgan fingerprint density at radius 2 is 1.71 bits per heavy atom. The Hall–Kier alpha value is -1.92. The number of carboxylic acids is 1. The number of carbonyl (C=O) groups excluding carboxylic acids is 1. The minimum absolute atomic E-state index is 0.00396. The number of nitrogens with two attached hydrogens (primary N) is 1. The molecule has 1 saturated heterocycles. The fraction of sp³-hybridized carbons (Fsp3) is 0.467. The average Bonchev–Trinajstić information content (AvgIpc) is 2.48. The van der Waals surface area contributed by atoms with E-state index >= 15 is 0 Å². The highest BCUT2D eigenvalue weighted by molar-refractivity contribution is 5.94. The van der Waals surface area contributed by atoms with Gasteiger partial charge >= 0.3 is 5.97 Å². The molecule has 21 heavy (non-hydrogen) atoms. The minimum Gasteiger partial charge on any atom is -0.480 e. The highest BCUT2D eigenvalue weighted by atomic mass is 16.4. The maximum atomic E-state index is 12.4. The highest BCUT2D eigenvalue weighted by Gasteiger charge is 2.22. The SMILES string of the molecule is NCCc1ccc(C(=O)N2CCN(CC(=O)O)CC2)cc1. The molecule has 0 aromatic heterocycles. The first kappa shape index (κ1) is 15.5. The van der Waals surface area contributed by atoms with Gasteiger partial charge in [0, 0.05) is 31.7 Å². The normalized spacial score (nSPS) is 16.0. The van der Waals surface area contributed by atoms with Gasteiger partial charge in [-0.05, 0) is 30.7 Å². The van der Waals surface area contributed by atoms with Gasteiger partial charge in [0.15, 0.2) is 0 Å². The smallest absolute Gasteiger partial charge is 0.317 e. The van der Waals surface area contributed by atoms with E-state index in [1.807, 2.05) is 29.2 Å². The summed E-state index contributed by atoms with van der Waals surface area (Å²) in [4.78, 5) is 26.6. The second kappa shape index (κ2) is 7.19. The lowest BCUT2D eigenvalue weighted by Crippen LogP contribution is -2.49. The van der Waals surface area contributed by atoms with Crippen molar-refractivity contribution in [2.75, 3.05) is 39.3 Å². The lowest BCUT2D eigenvalue weighted by atomic mass is 10.1. The second-order valence-corrected chi connectivity index (χ2v) is 5.20. The van der Waals surface area contributed by atoms with Crippen LogP contribution in [0.5, 0.6) is 0 Å². The zero-order valence-electron chi connectivity index (χ0n) is 12.0. The summed E-state index contributed by atoms with van der Waals surface area (Å²) in [6.45, 7) is 2.97. The Morgan fingerprint density at radius 1 is 1.10 bits per heavy atom. The van der Waals surface area contributed by atoms with Crippen molar-refractivity contribution in [2.24, 2.45) is 5.73 Å². The second-order valence-electron chi connectivity index (χ2n) is 5.20. The number of rotatable bonds is 5. The topological polar surface area (TPSA) is 86.9 Å². The molecule has 6 heteroatoms. The molecule has 1 aliphatic heterocycles. The molecule has 1 heterocycles. The Labute approximate surface area is 124 Å². The number of carboxylic acid groups (broad SMARTS) is 1. The molecule has 1 aromatic rings. The predicted octanol–water partition coefficient (Wildman–Crippen LogP) is 0.0302. The predicted molar refractivity (Wildman–Crippen MR) is 79.2 cm³/mol. The van der Waals surface area contributed by atoms with Crippen LogP contribution in [0.4, 0.5) is 0 Å². The van der Waals surface area contributed by atoms with Crippen molar-refractivity contribution in [3.05, 3.63) is 35.4 Å². The standard InChI is InChI=1S/C15H21N3O3/c16-6-5-12-1-3-13(4-2-12)15(21)18-9-7-17(8-10-18)11-14(19)20/h1-4H,5-11,16H2,(H,19,20). The van der Waals surface area contributed by atoms with Crippen LogP contribution in [0.15, 0.2) is 24.3 Å². The van der Waals surface area contributed by atoms with Crippen molar-refractivity contribution in [1.82, 2.24) is 9.80 Å². The van der Waals surface area contributed by atoms with Gasteiger partial charge < -0.3 is 15.7 Å². The third-order valence-electron chi connectivity index (χ3n) is 3.65. The number of benzene rings is 1. The molecule has 1 fully saturated rings. The first-order valence-electron chi connectivity index (χ1n) is 7.12. The van der Waals surface area contributed by atoms with Crippen molar-refractivity contribution in [3.63, 3.8) is 0 Å². The lowest BCUT2D eigenvalue weighted by molar-refractivity contribution is -0.138. The fourth-order valence-electron chi connectivity index (χ4n) is 2.46. The molecule has 1 aromatic carbocycles. The van der Waals surface area contributed by atoms with Crippen LogP contribution in [0.25, 0.3) is 0 Å². The molecule has 6 nitrogen and oxygen atoms in total. The summed E-state index contributed by atoms with van der Waals surface area (Å²) in [5, 5.41) is 8.76. The van der Waals surface area contributed by atoms with Gasteiger partial charge in [0.1, 0.15) is 0 Å². The summed E-state index contributed by atoms with van der Waals surface area (Å²) in [6.07, 6.45) is 0.808. The minimum atomic E-state index is -0.828. The Bertz CT molecular complexity index is 493. The van der Waals surface area contributed by atoms with Crippen LogP contribution in [0.3, 0.4) is 0 Å². The molecule has 1 amide bonds. The van der Waals surface area contributed by atoms with Gasteiger partial charge in [0.25, 0.3) is 5.91 Å². The van der Waals surface area contributed by atoms with E-state index in [4.69, 9.17) is 10.8 Å². The van der Waals surface area contributed by atoms with Gasteiger partial charge in [-0.2, -0.15) is 0 Å². The van der Waals surface area contributed by atoms with E-state index in [0.29, 0.717) is 38.3 Å². The summed E-state index contributed by atoms with van der Waals surface area (Å²) in [5.74, 6) is -0.824. The summed E-state index contributed by atoms with van der Waals surface area (Å²) < 4.78 is 0. The maximum Gasteiger partial charge on any atom is 0.317 e. The van der Waals surface area contributed by atoms with Gasteiger partial charge in [0.2, 0.25) is 0 Å². The number of carbonyl (C=O) groups is 2. The van der Waals surface area contributed by atoms with Crippen LogP contribution >= 0.6 is 0 Å². The molecule has 0 bridgehead atoms. The highest BCUT2D eigenvalue weighted by Crippen LogP contribution is 2.10. The Kier molecular flexibility index (Phi) is 5.30. The van der Waals surface area contributed by atoms with Gasteiger partial charge in [-0.25, -0.2) is 0 Å². The van der Waals surface area contributed by atoms with Gasteiger partial charge in [-0.3, -0.25) is 14.5 Å². The van der Waals surface area contributed by atoms with Crippen molar-refractivity contribution in [3.8, 4) is 0 Å². The van der Waals surface area contributed by atoms with Crippen molar-refractivity contribution >= 4 is 11.9 Å². The number of amides is 1. The quantitative estimate of drug-likeness (QED) is 0.799. The molecule has 0 unspecified atom stereocenters. The van der Waals surface area contributed by atoms with Gasteiger partial charge in [-0.15, -0.1) is 0 Å². The van der Waals surface area contributed by atoms with E-state index in [2.05, 4.69) is 0 Å². The van der Waals surface area contributed by atoms with E-state index in [0.717, 1.165) is 12.0 Å². The summed E-state index contributed by atoms with van der Waals surface area (Å²) in [5.41, 5.74) is 7.30. The molecular formula is C15H21N3O3. The zero-order chi connectivity index (χ0) is 15.2. The monoisotopic (exact) mass is 291 g/mol. The average molecular weight is 291 g/mol. The van der Waals surface area contributed by atoms with Crippen LogP contribution in [-0.4, -0.2) is 66.1 Å². The van der Waals surface area contributed by atoms with E-state index in [9.17, 15) is 9.59 Å². The Morgan fingerprint density at radius 3 is 2.24 bits per heavy atom. The lowest BCUT2D eigenvalue weighted by Gasteiger charge is -2.33. The van der Waals surface area contributed by atoms with Crippen LogP contribution < -0.4 is 5.73 Å². The first-order valence-corrected chi connectivity index (χ1v) is 7.12. The van der Waals surface area contributed by atoms with E-state index in [1.165, 1.54) is 0 Å². The van der Waals surface area contributed by atoms with Crippen LogP contribution in [0, 0.1) is 0 Å². The zero-order valence-corrected chi connectivity index (χ0v) is 12.0.